The van der Waals surface area contributed by atoms with Gasteiger partial charge in [0.2, 0.25) is 0 Å². The van der Waals surface area contributed by atoms with Gasteiger partial charge in [0, 0.05) is 15.7 Å². The predicted octanol–water partition coefficient (Wildman–Crippen LogP) is 3.53. The van der Waals surface area contributed by atoms with Crippen molar-refractivity contribution in [2.45, 2.75) is 13.0 Å². The number of hydrogen-bond acceptors (Lipinski definition) is 3. The molecule has 1 atom stereocenters. The number of ether oxygens (including phenoxy) is 1. The van der Waals surface area contributed by atoms with Gasteiger partial charge in [0.15, 0.2) is 0 Å². The average Bonchev–Trinajstić information content (AvgIpc) is 2.50. The Balaban J connectivity index is 2.08. The van der Waals surface area contributed by atoms with Gasteiger partial charge in [-0.05, 0) is 58.7 Å². The van der Waals surface area contributed by atoms with Crippen LogP contribution in [0.4, 0.5) is 5.69 Å². The molecule has 0 saturated carbocycles. The van der Waals surface area contributed by atoms with Crippen LogP contribution in [0.2, 0.25) is 0 Å². The van der Waals surface area contributed by atoms with E-state index in [-0.39, 0.29) is 11.9 Å². The van der Waals surface area contributed by atoms with Crippen LogP contribution in [0.3, 0.4) is 0 Å². The summed E-state index contributed by atoms with van der Waals surface area (Å²) >= 11 is 3.32. The fraction of sp³-hybridized carbons (Fsp3) is 0.188. The van der Waals surface area contributed by atoms with Crippen LogP contribution in [-0.2, 0) is 0 Å². The van der Waals surface area contributed by atoms with Crippen molar-refractivity contribution in [2.75, 3.05) is 12.8 Å². The van der Waals surface area contributed by atoms with E-state index >= 15 is 0 Å². The maximum atomic E-state index is 12.2. The Bertz CT molecular complexity index is 641. The van der Waals surface area contributed by atoms with E-state index in [1.165, 1.54) is 0 Å². The first-order valence-electron chi connectivity index (χ1n) is 6.51. The van der Waals surface area contributed by atoms with Crippen LogP contribution in [0.25, 0.3) is 0 Å². The lowest BCUT2D eigenvalue weighted by Gasteiger charge is -2.15. The van der Waals surface area contributed by atoms with Crippen molar-refractivity contribution in [3.63, 3.8) is 0 Å². The molecule has 0 unspecified atom stereocenters. The molecule has 2 aromatic rings. The molecule has 0 bridgehead atoms. The molecule has 0 aliphatic rings. The van der Waals surface area contributed by atoms with Crippen molar-refractivity contribution in [3.8, 4) is 5.75 Å². The summed E-state index contributed by atoms with van der Waals surface area (Å²) < 4.78 is 5.83. The van der Waals surface area contributed by atoms with Crippen LogP contribution >= 0.6 is 15.9 Å². The number of hydrogen-bond donors (Lipinski definition) is 2. The molecule has 1 amide bonds. The van der Waals surface area contributed by atoms with E-state index in [1.807, 2.05) is 31.2 Å². The molecule has 0 saturated heterocycles. The SMILES string of the molecule is COc1ccc([C@H](C)NC(=O)c2ccc(N)c(Br)c2)cc1. The Labute approximate surface area is 132 Å². The maximum absolute atomic E-state index is 12.2. The molecular formula is C16H17BrN2O2. The first-order valence-corrected chi connectivity index (χ1v) is 7.30. The number of amides is 1. The fourth-order valence-electron chi connectivity index (χ4n) is 1.92. The number of methoxy groups -OCH3 is 1. The van der Waals surface area contributed by atoms with Crippen molar-refractivity contribution in [1.29, 1.82) is 0 Å². The smallest absolute Gasteiger partial charge is 0.251 e. The van der Waals surface area contributed by atoms with E-state index in [2.05, 4.69) is 21.2 Å². The topological polar surface area (TPSA) is 64.3 Å². The predicted molar refractivity (Wildman–Crippen MR) is 87.4 cm³/mol. The Morgan fingerprint density at radius 3 is 2.48 bits per heavy atom. The zero-order chi connectivity index (χ0) is 15.4. The molecule has 0 radical (unpaired) electrons. The number of carbonyl (C=O) groups excluding carboxylic acids is 1. The maximum Gasteiger partial charge on any atom is 0.251 e. The van der Waals surface area contributed by atoms with Crippen molar-refractivity contribution < 1.29 is 9.53 Å². The summed E-state index contributed by atoms with van der Waals surface area (Å²) in [5.74, 6) is 0.652. The molecule has 5 heteroatoms. The number of rotatable bonds is 4. The third-order valence-electron chi connectivity index (χ3n) is 3.23. The number of halogens is 1. The zero-order valence-electron chi connectivity index (χ0n) is 11.9. The molecule has 0 fully saturated rings. The number of nitrogens with one attached hydrogen (secondary N) is 1. The highest BCUT2D eigenvalue weighted by molar-refractivity contribution is 9.10. The van der Waals surface area contributed by atoms with Gasteiger partial charge in [0.1, 0.15) is 5.75 Å². The summed E-state index contributed by atoms with van der Waals surface area (Å²) in [7, 11) is 1.62. The highest BCUT2D eigenvalue weighted by Gasteiger charge is 2.12. The molecule has 0 aliphatic carbocycles. The van der Waals surface area contributed by atoms with Crippen LogP contribution in [0.5, 0.6) is 5.75 Å². The second-order valence-electron chi connectivity index (χ2n) is 4.70. The van der Waals surface area contributed by atoms with Crippen molar-refractivity contribution in [2.24, 2.45) is 0 Å². The van der Waals surface area contributed by atoms with Crippen molar-refractivity contribution in [3.05, 3.63) is 58.1 Å². The summed E-state index contributed by atoms with van der Waals surface area (Å²) in [5, 5.41) is 2.96. The number of nitrogens with two attached hydrogens (primary N) is 1. The van der Waals surface area contributed by atoms with Crippen LogP contribution in [0.1, 0.15) is 28.9 Å². The Morgan fingerprint density at radius 2 is 1.90 bits per heavy atom. The molecule has 4 nitrogen and oxygen atoms in total. The molecule has 110 valence electrons. The fourth-order valence-corrected chi connectivity index (χ4v) is 2.30. The minimum atomic E-state index is -0.140. The molecule has 0 heterocycles. The Hall–Kier alpha value is -2.01. The van der Waals surface area contributed by atoms with Gasteiger partial charge in [0.05, 0.1) is 13.2 Å². The first kappa shape index (κ1) is 15.4. The van der Waals surface area contributed by atoms with Crippen molar-refractivity contribution >= 4 is 27.5 Å². The quantitative estimate of drug-likeness (QED) is 0.830. The lowest BCUT2D eigenvalue weighted by Crippen LogP contribution is -2.26. The Kier molecular flexibility index (Phi) is 4.85. The van der Waals surface area contributed by atoms with Gasteiger partial charge < -0.3 is 15.8 Å². The van der Waals surface area contributed by atoms with E-state index in [9.17, 15) is 4.79 Å². The van der Waals surface area contributed by atoms with E-state index in [1.54, 1.807) is 25.3 Å². The second-order valence-corrected chi connectivity index (χ2v) is 5.56. The highest BCUT2D eigenvalue weighted by Crippen LogP contribution is 2.21. The van der Waals surface area contributed by atoms with Gasteiger partial charge >= 0.3 is 0 Å². The summed E-state index contributed by atoms with van der Waals surface area (Å²) in [6.45, 7) is 1.94. The molecule has 2 aromatic carbocycles. The molecule has 0 aromatic heterocycles. The largest absolute Gasteiger partial charge is 0.497 e. The van der Waals surface area contributed by atoms with E-state index in [4.69, 9.17) is 10.5 Å². The molecule has 2 rings (SSSR count). The minimum absolute atomic E-state index is 0.0975. The van der Waals surface area contributed by atoms with E-state index in [0.29, 0.717) is 15.7 Å². The Morgan fingerprint density at radius 1 is 1.24 bits per heavy atom. The molecular weight excluding hydrogens is 332 g/mol. The third kappa shape index (κ3) is 3.76. The summed E-state index contributed by atoms with van der Waals surface area (Å²) in [4.78, 5) is 12.2. The molecule has 21 heavy (non-hydrogen) atoms. The van der Waals surface area contributed by atoms with Crippen molar-refractivity contribution in [1.82, 2.24) is 5.32 Å². The summed E-state index contributed by atoms with van der Waals surface area (Å²) in [6.07, 6.45) is 0. The van der Waals surface area contributed by atoms with Gasteiger partial charge in [-0.25, -0.2) is 0 Å². The third-order valence-corrected chi connectivity index (χ3v) is 3.91. The molecule has 0 spiro atoms. The van der Waals surface area contributed by atoms with Gasteiger partial charge in [-0.3, -0.25) is 4.79 Å². The monoisotopic (exact) mass is 348 g/mol. The van der Waals surface area contributed by atoms with Crippen LogP contribution in [0.15, 0.2) is 46.9 Å². The van der Waals surface area contributed by atoms with E-state index in [0.717, 1.165) is 11.3 Å². The van der Waals surface area contributed by atoms with Gasteiger partial charge in [-0.2, -0.15) is 0 Å². The zero-order valence-corrected chi connectivity index (χ0v) is 13.5. The number of nitrogen functional groups attached to an aromatic ring is 1. The first-order chi connectivity index (χ1) is 10.0. The average molecular weight is 349 g/mol. The van der Waals surface area contributed by atoms with Gasteiger partial charge in [-0.1, -0.05) is 12.1 Å². The number of benzene rings is 2. The normalized spacial score (nSPS) is 11.8. The van der Waals surface area contributed by atoms with Gasteiger partial charge in [0.25, 0.3) is 5.91 Å². The number of anilines is 1. The number of carbonyl (C=O) groups is 1. The second kappa shape index (κ2) is 6.63. The molecule has 0 aliphatic heterocycles. The lowest BCUT2D eigenvalue weighted by atomic mass is 10.1. The van der Waals surface area contributed by atoms with Gasteiger partial charge in [-0.15, -0.1) is 0 Å². The standard InChI is InChI=1S/C16H17BrN2O2/c1-10(11-3-6-13(21-2)7-4-11)19-16(20)12-5-8-15(18)14(17)9-12/h3-10H,18H2,1-2H3,(H,19,20)/t10-/m0/s1. The summed E-state index contributed by atoms with van der Waals surface area (Å²) in [6, 6.07) is 12.6. The van der Waals surface area contributed by atoms with Crippen LogP contribution in [0, 0.1) is 0 Å². The minimum Gasteiger partial charge on any atom is -0.497 e. The van der Waals surface area contributed by atoms with Crippen LogP contribution in [-0.4, -0.2) is 13.0 Å². The highest BCUT2D eigenvalue weighted by atomic mass is 79.9. The molecule has 3 N–H and O–H groups in total. The van der Waals surface area contributed by atoms with Crippen LogP contribution < -0.4 is 15.8 Å². The lowest BCUT2D eigenvalue weighted by molar-refractivity contribution is 0.0940. The van der Waals surface area contributed by atoms with E-state index < -0.39 is 0 Å². The summed E-state index contributed by atoms with van der Waals surface area (Å²) in [5.41, 5.74) is 7.90.